The molecule has 1 unspecified atom stereocenters. The third kappa shape index (κ3) is 6.06. The average molecular weight is 451 g/mol. The predicted molar refractivity (Wildman–Crippen MR) is 117 cm³/mol. The Morgan fingerprint density at radius 2 is 1.83 bits per heavy atom. The summed E-state index contributed by atoms with van der Waals surface area (Å²) in [6.07, 6.45) is 3.21. The van der Waals surface area contributed by atoms with Crippen molar-refractivity contribution < 1.29 is 17.6 Å². The molecule has 0 aliphatic carbocycles. The highest BCUT2D eigenvalue weighted by Crippen LogP contribution is 2.27. The molecule has 0 spiro atoms. The van der Waals surface area contributed by atoms with Crippen molar-refractivity contribution in [3.8, 4) is 0 Å². The number of halogens is 1. The molecule has 0 saturated carbocycles. The largest absolute Gasteiger partial charge is 0.355 e. The van der Waals surface area contributed by atoms with Crippen LogP contribution in [0, 0.1) is 12.7 Å². The Labute approximate surface area is 182 Å². The van der Waals surface area contributed by atoms with Gasteiger partial charge in [-0.25, -0.2) is 12.8 Å². The predicted octanol–water partition coefficient (Wildman–Crippen LogP) is 3.98. The van der Waals surface area contributed by atoms with Crippen LogP contribution in [0.1, 0.15) is 31.2 Å². The molecular weight excluding hydrogens is 423 g/mol. The molecule has 1 saturated heterocycles. The average Bonchev–Trinajstić information content (AvgIpc) is 2.74. The summed E-state index contributed by atoms with van der Waals surface area (Å²) in [4.78, 5) is 13.3. The maximum atomic E-state index is 13.1. The first-order chi connectivity index (χ1) is 14.4. The van der Waals surface area contributed by atoms with Crippen molar-refractivity contribution in [1.82, 2.24) is 9.62 Å². The van der Waals surface area contributed by atoms with Crippen LogP contribution in [0.15, 0.2) is 58.3 Å². The molecule has 8 heteroatoms. The van der Waals surface area contributed by atoms with Crippen LogP contribution in [-0.2, 0) is 14.8 Å². The quantitative estimate of drug-likeness (QED) is 0.618. The summed E-state index contributed by atoms with van der Waals surface area (Å²) in [5, 5.41) is 2.88. The Bertz CT molecular complexity index is 947. The number of sulfonamides is 1. The number of aryl methyl sites for hydroxylation is 1. The van der Waals surface area contributed by atoms with Gasteiger partial charge in [0.2, 0.25) is 15.9 Å². The van der Waals surface area contributed by atoms with E-state index < -0.39 is 10.0 Å². The molecule has 0 aromatic heterocycles. The number of carbonyl (C=O) groups is 1. The maximum absolute atomic E-state index is 13.1. The molecule has 1 heterocycles. The number of benzene rings is 2. The summed E-state index contributed by atoms with van der Waals surface area (Å²) >= 11 is 1.34. The summed E-state index contributed by atoms with van der Waals surface area (Å²) in [5.41, 5.74) is 1.02. The van der Waals surface area contributed by atoms with Gasteiger partial charge >= 0.3 is 0 Å². The fourth-order valence-corrected chi connectivity index (χ4v) is 5.99. The van der Waals surface area contributed by atoms with E-state index in [4.69, 9.17) is 0 Å². The number of thioether (sulfide) groups is 1. The number of nitrogens with zero attached hydrogens (tertiary/aromatic N) is 1. The van der Waals surface area contributed by atoms with Crippen molar-refractivity contribution in [1.29, 1.82) is 0 Å². The topological polar surface area (TPSA) is 66.5 Å². The SMILES string of the molecule is Cc1ccc(S(=O)(=O)N2CCCCC2CCNC(=O)CSc2ccc(F)cc2)cc1. The molecular formula is C22H27FN2O3S2. The van der Waals surface area contributed by atoms with E-state index in [2.05, 4.69) is 5.32 Å². The van der Waals surface area contributed by atoms with E-state index >= 15 is 0 Å². The second kappa shape index (κ2) is 10.4. The van der Waals surface area contributed by atoms with Crippen LogP contribution in [0.25, 0.3) is 0 Å². The summed E-state index contributed by atoms with van der Waals surface area (Å²) in [7, 11) is -3.54. The summed E-state index contributed by atoms with van der Waals surface area (Å²) < 4.78 is 40.7. The maximum Gasteiger partial charge on any atom is 0.243 e. The van der Waals surface area contributed by atoms with Crippen LogP contribution >= 0.6 is 11.8 Å². The Balaban J connectivity index is 1.52. The van der Waals surface area contributed by atoms with E-state index in [1.807, 2.05) is 19.1 Å². The minimum absolute atomic E-state index is 0.116. The smallest absolute Gasteiger partial charge is 0.243 e. The lowest BCUT2D eigenvalue weighted by atomic mass is 10.0. The lowest BCUT2D eigenvalue weighted by Gasteiger charge is -2.34. The number of piperidine rings is 1. The number of rotatable bonds is 8. The number of hydrogen-bond acceptors (Lipinski definition) is 4. The van der Waals surface area contributed by atoms with Gasteiger partial charge < -0.3 is 5.32 Å². The summed E-state index contributed by atoms with van der Waals surface area (Å²) in [6.45, 7) is 2.86. The summed E-state index contributed by atoms with van der Waals surface area (Å²) in [5.74, 6) is -0.184. The van der Waals surface area contributed by atoms with E-state index in [1.54, 1.807) is 28.6 Å². The third-order valence-electron chi connectivity index (χ3n) is 5.18. The van der Waals surface area contributed by atoms with Crippen LogP contribution < -0.4 is 5.32 Å². The molecule has 2 aromatic rings. The van der Waals surface area contributed by atoms with E-state index in [0.717, 1.165) is 29.7 Å². The standard InChI is InChI=1S/C22H27FN2O3S2/c1-17-5-11-21(12-6-17)30(27,28)25-15-3-2-4-19(25)13-14-24-22(26)16-29-20-9-7-18(23)8-10-20/h5-12,19H,2-4,13-16H2,1H3,(H,24,26). The first-order valence-electron chi connectivity index (χ1n) is 10.1. The first kappa shape index (κ1) is 22.8. The number of carbonyl (C=O) groups excluding carboxylic acids is 1. The van der Waals surface area contributed by atoms with E-state index in [-0.39, 0.29) is 23.5 Å². The van der Waals surface area contributed by atoms with Crippen molar-refractivity contribution in [2.75, 3.05) is 18.8 Å². The van der Waals surface area contributed by atoms with Gasteiger partial charge in [-0.15, -0.1) is 11.8 Å². The lowest BCUT2D eigenvalue weighted by molar-refractivity contribution is -0.118. The van der Waals surface area contributed by atoms with E-state index in [9.17, 15) is 17.6 Å². The van der Waals surface area contributed by atoms with Gasteiger partial charge in [-0.2, -0.15) is 4.31 Å². The van der Waals surface area contributed by atoms with Gasteiger partial charge in [-0.05, 0) is 62.6 Å². The first-order valence-corrected chi connectivity index (χ1v) is 12.5. The Kier molecular flexibility index (Phi) is 7.91. The molecule has 5 nitrogen and oxygen atoms in total. The fraction of sp³-hybridized carbons (Fsp3) is 0.409. The molecule has 0 radical (unpaired) electrons. The van der Waals surface area contributed by atoms with Crippen molar-refractivity contribution in [3.63, 3.8) is 0 Å². The molecule has 0 bridgehead atoms. The van der Waals surface area contributed by atoms with Crippen LogP contribution in [0.5, 0.6) is 0 Å². The van der Waals surface area contributed by atoms with Gasteiger partial charge in [0.1, 0.15) is 5.82 Å². The van der Waals surface area contributed by atoms with Gasteiger partial charge in [0.05, 0.1) is 10.6 Å². The molecule has 1 aliphatic heterocycles. The molecule has 1 aliphatic rings. The van der Waals surface area contributed by atoms with Crippen LogP contribution in [0.2, 0.25) is 0 Å². The summed E-state index contributed by atoms with van der Waals surface area (Å²) in [6, 6.07) is 12.8. The van der Waals surface area contributed by atoms with Gasteiger partial charge in [0, 0.05) is 24.0 Å². The van der Waals surface area contributed by atoms with Gasteiger partial charge in [0.15, 0.2) is 0 Å². The van der Waals surface area contributed by atoms with Crippen molar-refractivity contribution in [2.45, 2.75) is 48.4 Å². The Morgan fingerprint density at radius 1 is 1.13 bits per heavy atom. The molecule has 2 aromatic carbocycles. The van der Waals surface area contributed by atoms with Crippen LogP contribution in [0.3, 0.4) is 0 Å². The van der Waals surface area contributed by atoms with Crippen LogP contribution in [-0.4, -0.2) is 43.5 Å². The highest BCUT2D eigenvalue weighted by atomic mass is 32.2. The molecule has 30 heavy (non-hydrogen) atoms. The number of nitrogens with one attached hydrogen (secondary N) is 1. The molecule has 1 amide bonds. The molecule has 1 atom stereocenters. The second-order valence-electron chi connectivity index (χ2n) is 7.46. The third-order valence-corrected chi connectivity index (χ3v) is 8.16. The highest BCUT2D eigenvalue weighted by molar-refractivity contribution is 8.00. The Hall–Kier alpha value is -1.90. The normalized spacial score (nSPS) is 17.6. The van der Waals surface area contributed by atoms with Crippen LogP contribution in [0.4, 0.5) is 4.39 Å². The van der Waals surface area contributed by atoms with Crippen molar-refractivity contribution in [2.24, 2.45) is 0 Å². The number of hydrogen-bond donors (Lipinski definition) is 1. The lowest BCUT2D eigenvalue weighted by Crippen LogP contribution is -2.45. The van der Waals surface area contributed by atoms with E-state index in [0.29, 0.717) is 24.4 Å². The minimum Gasteiger partial charge on any atom is -0.355 e. The molecule has 1 N–H and O–H groups in total. The number of amides is 1. The zero-order chi connectivity index (χ0) is 21.6. The van der Waals surface area contributed by atoms with Gasteiger partial charge in [-0.3, -0.25) is 4.79 Å². The van der Waals surface area contributed by atoms with Crippen molar-refractivity contribution in [3.05, 3.63) is 59.9 Å². The Morgan fingerprint density at radius 3 is 2.53 bits per heavy atom. The second-order valence-corrected chi connectivity index (χ2v) is 10.4. The zero-order valence-electron chi connectivity index (χ0n) is 17.0. The van der Waals surface area contributed by atoms with Gasteiger partial charge in [-0.1, -0.05) is 24.1 Å². The molecule has 1 fully saturated rings. The minimum atomic E-state index is -3.54. The van der Waals surface area contributed by atoms with Crippen molar-refractivity contribution >= 4 is 27.7 Å². The highest BCUT2D eigenvalue weighted by Gasteiger charge is 2.33. The molecule has 162 valence electrons. The zero-order valence-corrected chi connectivity index (χ0v) is 18.6. The molecule has 3 rings (SSSR count). The van der Waals surface area contributed by atoms with Gasteiger partial charge in [0.25, 0.3) is 0 Å². The monoisotopic (exact) mass is 450 g/mol. The fourth-order valence-electron chi connectivity index (χ4n) is 3.53. The van der Waals surface area contributed by atoms with E-state index in [1.165, 1.54) is 23.9 Å².